The normalized spacial score (nSPS) is 10.6. The van der Waals surface area contributed by atoms with Gasteiger partial charge in [0.1, 0.15) is 6.26 Å². The second-order valence-electron chi connectivity index (χ2n) is 3.09. The number of hydrogen-bond acceptors (Lipinski definition) is 4. The summed E-state index contributed by atoms with van der Waals surface area (Å²) in [7, 11) is 1.79. The number of oxazole rings is 1. The predicted molar refractivity (Wildman–Crippen MR) is 54.1 cm³/mol. The molecule has 2 rings (SSSR count). The van der Waals surface area contributed by atoms with Crippen LogP contribution < -0.4 is 4.74 Å². The molecule has 0 aliphatic rings. The molecule has 0 aliphatic heterocycles. The van der Waals surface area contributed by atoms with E-state index in [-0.39, 0.29) is 6.08 Å². The molecule has 2 aromatic rings. The van der Waals surface area contributed by atoms with Crippen molar-refractivity contribution in [2.24, 2.45) is 7.05 Å². The van der Waals surface area contributed by atoms with Gasteiger partial charge in [-0.3, -0.25) is 0 Å². The summed E-state index contributed by atoms with van der Waals surface area (Å²) in [4.78, 5) is 4.01. The van der Waals surface area contributed by atoms with Crippen LogP contribution >= 0.6 is 11.6 Å². The van der Waals surface area contributed by atoms with E-state index in [0.717, 1.165) is 5.69 Å². The van der Waals surface area contributed by atoms with E-state index in [9.17, 15) is 0 Å². The average molecular weight is 228 g/mol. The van der Waals surface area contributed by atoms with Crippen LogP contribution in [0.3, 0.4) is 0 Å². The lowest BCUT2D eigenvalue weighted by atomic mass is 10.5. The zero-order chi connectivity index (χ0) is 10.8. The summed E-state index contributed by atoms with van der Waals surface area (Å²) in [6.07, 6.45) is 1.64. The molecule has 0 atom stereocenters. The molecule has 6 heteroatoms. The van der Waals surface area contributed by atoms with Crippen LogP contribution in [-0.4, -0.2) is 14.8 Å². The largest absolute Gasteiger partial charge is 0.417 e. The fraction of sp³-hybridized carbons (Fsp3) is 0.333. The zero-order valence-electron chi connectivity index (χ0n) is 8.40. The summed E-state index contributed by atoms with van der Waals surface area (Å²) in [6.45, 7) is 1.88. The van der Waals surface area contributed by atoms with Crippen molar-refractivity contribution in [3.63, 3.8) is 0 Å². The Morgan fingerprint density at radius 3 is 2.93 bits per heavy atom. The van der Waals surface area contributed by atoms with Crippen molar-refractivity contribution < 1.29 is 9.15 Å². The summed E-state index contributed by atoms with van der Waals surface area (Å²) in [5.74, 6) is 0.882. The van der Waals surface area contributed by atoms with Crippen molar-refractivity contribution in [2.75, 3.05) is 0 Å². The minimum atomic E-state index is 0.175. The van der Waals surface area contributed by atoms with Gasteiger partial charge in [-0.1, -0.05) is 0 Å². The van der Waals surface area contributed by atoms with E-state index < -0.39 is 0 Å². The minimum absolute atomic E-state index is 0.175. The van der Waals surface area contributed by atoms with Gasteiger partial charge in [-0.25, -0.2) is 4.68 Å². The van der Waals surface area contributed by atoms with Gasteiger partial charge in [-0.2, -0.15) is 10.1 Å². The maximum atomic E-state index is 5.58. The van der Waals surface area contributed by atoms with Gasteiger partial charge in [0.05, 0.1) is 17.3 Å². The molecule has 0 aromatic carbocycles. The monoisotopic (exact) mass is 227 g/mol. The Kier molecular flexibility index (Phi) is 2.64. The van der Waals surface area contributed by atoms with Crippen LogP contribution in [-0.2, 0) is 12.9 Å². The van der Waals surface area contributed by atoms with Crippen molar-refractivity contribution in [3.05, 3.63) is 23.7 Å². The number of aryl methyl sites for hydroxylation is 2. The van der Waals surface area contributed by atoms with Crippen LogP contribution in [0.2, 0.25) is 0 Å². The number of nitrogens with zero attached hydrogens (tertiary/aromatic N) is 3. The first-order chi connectivity index (χ1) is 7.19. The van der Waals surface area contributed by atoms with Gasteiger partial charge in [0, 0.05) is 13.1 Å². The Bertz CT molecular complexity index is 464. The highest BCUT2D eigenvalue weighted by molar-refractivity contribution is 6.16. The Morgan fingerprint density at radius 2 is 2.40 bits per heavy atom. The molecule has 80 valence electrons. The molecule has 0 bridgehead atoms. The Morgan fingerprint density at radius 1 is 1.60 bits per heavy atom. The fourth-order valence-electron chi connectivity index (χ4n) is 1.17. The van der Waals surface area contributed by atoms with Crippen LogP contribution in [0.1, 0.15) is 11.4 Å². The highest BCUT2D eigenvalue weighted by atomic mass is 35.5. The summed E-state index contributed by atoms with van der Waals surface area (Å²) in [5, 5.41) is 4.13. The second-order valence-corrected chi connectivity index (χ2v) is 3.36. The van der Waals surface area contributed by atoms with Crippen LogP contribution in [0.25, 0.3) is 0 Å². The number of halogens is 1. The molecular weight excluding hydrogens is 218 g/mol. The predicted octanol–water partition coefficient (Wildman–Crippen LogP) is 2.25. The van der Waals surface area contributed by atoms with Gasteiger partial charge in [0.25, 0.3) is 0 Å². The highest BCUT2D eigenvalue weighted by Crippen LogP contribution is 2.21. The Balaban J connectivity index is 2.17. The van der Waals surface area contributed by atoms with Crippen LogP contribution in [0.5, 0.6) is 12.0 Å². The third-order valence-electron chi connectivity index (χ3n) is 1.82. The molecular formula is C9H10ClN3O2. The summed E-state index contributed by atoms with van der Waals surface area (Å²) in [6, 6.07) is 1.80. The zero-order valence-corrected chi connectivity index (χ0v) is 9.15. The number of ether oxygens (including phenoxy) is 1. The number of alkyl halides is 1. The van der Waals surface area contributed by atoms with E-state index in [0.29, 0.717) is 17.5 Å². The van der Waals surface area contributed by atoms with Crippen molar-refractivity contribution in [2.45, 2.75) is 12.8 Å². The summed E-state index contributed by atoms with van der Waals surface area (Å²) in [5.41, 5.74) is 1.52. The number of aromatic nitrogens is 3. The molecule has 0 saturated carbocycles. The van der Waals surface area contributed by atoms with Gasteiger partial charge in [0.15, 0.2) is 0 Å². The Hall–Kier alpha value is -1.49. The molecule has 0 unspecified atom stereocenters. The molecule has 5 nitrogen and oxygen atoms in total. The number of rotatable bonds is 3. The minimum Gasteiger partial charge on any atom is -0.417 e. The quantitative estimate of drug-likeness (QED) is 0.755. The summed E-state index contributed by atoms with van der Waals surface area (Å²) >= 11 is 5.58. The maximum Gasteiger partial charge on any atom is 0.400 e. The molecule has 0 N–H and O–H groups in total. The standard InChI is InChI=1S/C9H10ClN3O2/c1-6-3-8(13(2)12-6)15-9-11-7(4-10)5-14-9/h3,5H,4H2,1-2H3. The maximum absolute atomic E-state index is 5.58. The van der Waals surface area contributed by atoms with E-state index in [1.807, 2.05) is 6.92 Å². The van der Waals surface area contributed by atoms with E-state index in [4.69, 9.17) is 20.8 Å². The van der Waals surface area contributed by atoms with Crippen molar-refractivity contribution in [3.8, 4) is 12.0 Å². The first-order valence-electron chi connectivity index (χ1n) is 4.38. The van der Waals surface area contributed by atoms with E-state index >= 15 is 0 Å². The number of hydrogen-bond donors (Lipinski definition) is 0. The van der Waals surface area contributed by atoms with Crippen molar-refractivity contribution >= 4 is 11.6 Å². The van der Waals surface area contributed by atoms with Gasteiger partial charge in [-0.05, 0) is 6.92 Å². The lowest BCUT2D eigenvalue weighted by Crippen LogP contribution is -1.95. The molecule has 0 spiro atoms. The van der Waals surface area contributed by atoms with Gasteiger partial charge in [-0.15, -0.1) is 11.6 Å². The average Bonchev–Trinajstić information content (AvgIpc) is 2.75. The first kappa shape index (κ1) is 10.0. The molecule has 2 aromatic heterocycles. The molecule has 2 heterocycles. The fourth-order valence-corrected chi connectivity index (χ4v) is 1.29. The van der Waals surface area contributed by atoms with E-state index in [2.05, 4.69) is 10.1 Å². The molecule has 0 aliphatic carbocycles. The van der Waals surface area contributed by atoms with Crippen molar-refractivity contribution in [1.82, 2.24) is 14.8 Å². The van der Waals surface area contributed by atoms with Gasteiger partial charge >= 0.3 is 6.08 Å². The highest BCUT2D eigenvalue weighted by Gasteiger charge is 2.09. The van der Waals surface area contributed by atoms with E-state index in [1.54, 1.807) is 17.8 Å². The summed E-state index contributed by atoms with van der Waals surface area (Å²) < 4.78 is 12.1. The Labute approximate surface area is 91.6 Å². The van der Waals surface area contributed by atoms with Crippen LogP contribution in [0.15, 0.2) is 16.7 Å². The lowest BCUT2D eigenvalue weighted by molar-refractivity contribution is 0.309. The second kappa shape index (κ2) is 3.94. The van der Waals surface area contributed by atoms with E-state index in [1.165, 1.54) is 6.26 Å². The smallest absolute Gasteiger partial charge is 0.400 e. The molecule has 0 radical (unpaired) electrons. The molecule has 0 saturated heterocycles. The topological polar surface area (TPSA) is 53.1 Å². The molecule has 0 fully saturated rings. The van der Waals surface area contributed by atoms with Crippen LogP contribution in [0, 0.1) is 6.92 Å². The van der Waals surface area contributed by atoms with Crippen LogP contribution in [0.4, 0.5) is 0 Å². The molecule has 15 heavy (non-hydrogen) atoms. The third kappa shape index (κ3) is 2.12. The van der Waals surface area contributed by atoms with Gasteiger partial charge < -0.3 is 9.15 Å². The third-order valence-corrected chi connectivity index (χ3v) is 2.09. The van der Waals surface area contributed by atoms with Gasteiger partial charge in [0.2, 0.25) is 5.88 Å². The SMILES string of the molecule is Cc1cc(Oc2nc(CCl)co2)n(C)n1. The first-order valence-corrected chi connectivity index (χ1v) is 4.91. The molecule has 0 amide bonds. The van der Waals surface area contributed by atoms with Crippen molar-refractivity contribution in [1.29, 1.82) is 0 Å². The lowest BCUT2D eigenvalue weighted by Gasteiger charge is -1.98.